The number of carbonyl (C=O) groups is 3. The topological polar surface area (TPSA) is 129 Å². The van der Waals surface area contributed by atoms with Gasteiger partial charge >= 0.3 is 6.03 Å². The molecule has 0 radical (unpaired) electrons. The summed E-state index contributed by atoms with van der Waals surface area (Å²) in [5, 5.41) is 14.3. The highest BCUT2D eigenvalue weighted by molar-refractivity contribution is 6.40. The molecule has 1 heterocycles. The highest BCUT2D eigenvalue weighted by Crippen LogP contribution is 2.25. The van der Waals surface area contributed by atoms with Gasteiger partial charge in [-0.15, -0.1) is 0 Å². The molecule has 178 valence electrons. The number of primary amides is 1. The number of nitrogens with one attached hydrogen (secondary N) is 3. The number of anilines is 3. The second kappa shape index (κ2) is 10.5. The monoisotopic (exact) mass is 470 g/mol. The van der Waals surface area contributed by atoms with Gasteiger partial charge in [0, 0.05) is 17.8 Å². The second-order valence-corrected chi connectivity index (χ2v) is 8.11. The van der Waals surface area contributed by atoms with E-state index in [0.717, 1.165) is 5.56 Å². The van der Waals surface area contributed by atoms with Crippen LogP contribution in [0.25, 0.3) is 0 Å². The molecule has 0 fully saturated rings. The van der Waals surface area contributed by atoms with E-state index in [1.807, 2.05) is 55.5 Å². The van der Waals surface area contributed by atoms with Crippen molar-refractivity contribution in [1.29, 1.82) is 0 Å². The number of urea groups is 1. The summed E-state index contributed by atoms with van der Waals surface area (Å²) in [6, 6.07) is 24.0. The number of benzene rings is 3. The molecule has 9 nitrogen and oxygen atoms in total. The van der Waals surface area contributed by atoms with Gasteiger partial charge in [0.05, 0.1) is 11.7 Å². The van der Waals surface area contributed by atoms with Gasteiger partial charge in [-0.2, -0.15) is 5.10 Å². The quantitative estimate of drug-likeness (QED) is 0.420. The average molecular weight is 471 g/mol. The van der Waals surface area contributed by atoms with Crippen LogP contribution in [0.3, 0.4) is 0 Å². The van der Waals surface area contributed by atoms with Gasteiger partial charge in [0.25, 0.3) is 5.91 Å². The van der Waals surface area contributed by atoms with E-state index in [0.29, 0.717) is 17.1 Å². The van der Waals surface area contributed by atoms with Gasteiger partial charge in [0.2, 0.25) is 5.91 Å². The van der Waals surface area contributed by atoms with Crippen molar-refractivity contribution < 1.29 is 14.4 Å². The van der Waals surface area contributed by atoms with Gasteiger partial charge in [-0.1, -0.05) is 48.5 Å². The molecule has 0 aromatic heterocycles. The minimum atomic E-state index is -0.721. The highest BCUT2D eigenvalue weighted by atomic mass is 16.2. The van der Waals surface area contributed by atoms with E-state index >= 15 is 0 Å². The summed E-state index contributed by atoms with van der Waals surface area (Å²) >= 11 is 0. The predicted octanol–water partition coefficient (Wildman–Crippen LogP) is 3.63. The molecule has 1 aliphatic rings. The molecule has 5 N–H and O–H groups in total. The fraction of sp³-hybridized carbons (Fsp3) is 0.154. The van der Waals surface area contributed by atoms with Gasteiger partial charge in [-0.05, 0) is 48.9 Å². The first-order valence-electron chi connectivity index (χ1n) is 11.2. The van der Waals surface area contributed by atoms with E-state index in [1.54, 1.807) is 36.4 Å². The van der Waals surface area contributed by atoms with Crippen molar-refractivity contribution in [2.24, 2.45) is 10.8 Å². The van der Waals surface area contributed by atoms with Crippen LogP contribution in [-0.4, -0.2) is 29.6 Å². The third-order valence-electron chi connectivity index (χ3n) is 5.57. The minimum absolute atomic E-state index is 0.127. The Labute approximate surface area is 203 Å². The lowest BCUT2D eigenvalue weighted by Crippen LogP contribution is -2.40. The molecule has 0 saturated heterocycles. The molecule has 4 rings (SSSR count). The second-order valence-electron chi connectivity index (χ2n) is 8.11. The number of rotatable bonds is 7. The van der Waals surface area contributed by atoms with Crippen LogP contribution >= 0.6 is 0 Å². The van der Waals surface area contributed by atoms with Crippen LogP contribution in [-0.2, 0) is 9.59 Å². The van der Waals surface area contributed by atoms with Crippen molar-refractivity contribution in [1.82, 2.24) is 5.32 Å². The molecule has 0 spiro atoms. The van der Waals surface area contributed by atoms with Crippen molar-refractivity contribution in [3.8, 4) is 0 Å². The number of amides is 4. The molecule has 0 saturated carbocycles. The Bertz CT molecular complexity index is 1230. The Morgan fingerprint density at radius 2 is 1.46 bits per heavy atom. The summed E-state index contributed by atoms with van der Waals surface area (Å²) in [5.74, 6) is -0.917. The maximum atomic E-state index is 12.9. The first-order valence-corrected chi connectivity index (χ1v) is 11.2. The predicted molar refractivity (Wildman–Crippen MR) is 136 cm³/mol. The molecule has 2 atom stereocenters. The van der Waals surface area contributed by atoms with Gasteiger partial charge in [0.15, 0.2) is 0 Å². The van der Waals surface area contributed by atoms with Crippen LogP contribution in [0.15, 0.2) is 90.0 Å². The minimum Gasteiger partial charge on any atom is -0.368 e. The molecule has 35 heavy (non-hydrogen) atoms. The molecule has 0 unspecified atom stereocenters. The van der Waals surface area contributed by atoms with Crippen LogP contribution in [0.5, 0.6) is 0 Å². The molecule has 4 amide bonds. The number of hydrogen-bond donors (Lipinski definition) is 4. The van der Waals surface area contributed by atoms with Crippen molar-refractivity contribution in [2.75, 3.05) is 15.6 Å². The molecule has 0 aliphatic carbocycles. The Balaban J connectivity index is 1.36. The lowest BCUT2D eigenvalue weighted by atomic mass is 10.1. The Morgan fingerprint density at radius 1 is 0.886 bits per heavy atom. The van der Waals surface area contributed by atoms with Crippen LogP contribution < -0.4 is 26.7 Å². The number of para-hydroxylation sites is 2. The molecular formula is C26H26N6O3. The lowest BCUT2D eigenvalue weighted by molar-refractivity contribution is -0.119. The first kappa shape index (κ1) is 23.5. The first-order chi connectivity index (χ1) is 16.9. The highest BCUT2D eigenvalue weighted by Gasteiger charge is 2.35. The van der Waals surface area contributed by atoms with E-state index in [4.69, 9.17) is 5.73 Å². The van der Waals surface area contributed by atoms with Crippen LogP contribution in [0, 0.1) is 0 Å². The third-order valence-corrected chi connectivity index (χ3v) is 5.57. The zero-order chi connectivity index (χ0) is 24.8. The van der Waals surface area contributed by atoms with E-state index in [-0.39, 0.29) is 30.1 Å². The summed E-state index contributed by atoms with van der Waals surface area (Å²) in [7, 11) is 0. The summed E-state index contributed by atoms with van der Waals surface area (Å²) < 4.78 is 0. The van der Waals surface area contributed by atoms with E-state index < -0.39 is 11.9 Å². The Kier molecular flexibility index (Phi) is 7.06. The summed E-state index contributed by atoms with van der Waals surface area (Å²) in [4.78, 5) is 37.0. The van der Waals surface area contributed by atoms with E-state index in [2.05, 4.69) is 21.1 Å². The average Bonchev–Trinajstić information content (AvgIpc) is 3.32. The number of nitrogens with two attached hydrogens (primary N) is 1. The third kappa shape index (κ3) is 5.83. The molecule has 3 aromatic rings. The SMILES string of the molecule is C[C@@H](NC(=O)C1=NN(c2ccccc2)[C@H](C(N)=O)C1)c1ccc(NC(=O)Nc2ccccc2)cc1. The molecular weight excluding hydrogens is 444 g/mol. The smallest absolute Gasteiger partial charge is 0.323 e. The normalized spacial score (nSPS) is 15.6. The van der Waals surface area contributed by atoms with E-state index in [1.165, 1.54) is 5.01 Å². The Morgan fingerprint density at radius 3 is 2.06 bits per heavy atom. The van der Waals surface area contributed by atoms with E-state index in [9.17, 15) is 14.4 Å². The Hall–Kier alpha value is -4.66. The van der Waals surface area contributed by atoms with Gasteiger partial charge < -0.3 is 21.7 Å². The van der Waals surface area contributed by atoms with Crippen LogP contribution in [0.2, 0.25) is 0 Å². The molecule has 1 aliphatic heterocycles. The van der Waals surface area contributed by atoms with Crippen LogP contribution in [0.4, 0.5) is 21.9 Å². The maximum absolute atomic E-state index is 12.9. The van der Waals surface area contributed by atoms with Gasteiger partial charge in [0.1, 0.15) is 11.8 Å². The number of nitrogens with zero attached hydrogens (tertiary/aromatic N) is 2. The van der Waals surface area contributed by atoms with Crippen molar-refractivity contribution in [3.63, 3.8) is 0 Å². The maximum Gasteiger partial charge on any atom is 0.323 e. The zero-order valence-corrected chi connectivity index (χ0v) is 19.1. The fourth-order valence-electron chi connectivity index (χ4n) is 3.72. The summed E-state index contributed by atoms with van der Waals surface area (Å²) in [6.45, 7) is 1.85. The fourth-order valence-corrected chi connectivity index (χ4v) is 3.72. The number of hydrogen-bond acceptors (Lipinski definition) is 5. The standard InChI is InChI=1S/C26H26N6O3/c1-17(18-12-14-20(15-13-18)30-26(35)29-19-8-4-2-5-9-19)28-25(34)22-16-23(24(27)33)32(31-22)21-10-6-3-7-11-21/h2-15,17,23H,16H2,1H3,(H2,27,33)(H,28,34)(H2,29,30,35)/t17-,23+/m1/s1. The zero-order valence-electron chi connectivity index (χ0n) is 19.1. The van der Waals surface area contributed by atoms with Crippen LogP contribution in [0.1, 0.15) is 24.9 Å². The lowest BCUT2D eigenvalue weighted by Gasteiger charge is -2.20. The van der Waals surface area contributed by atoms with Crippen molar-refractivity contribution in [2.45, 2.75) is 25.4 Å². The summed E-state index contributed by atoms with van der Waals surface area (Å²) in [5.41, 5.74) is 8.63. The molecule has 0 bridgehead atoms. The van der Waals surface area contributed by atoms with Crippen molar-refractivity contribution in [3.05, 3.63) is 90.5 Å². The largest absolute Gasteiger partial charge is 0.368 e. The summed E-state index contributed by atoms with van der Waals surface area (Å²) in [6.07, 6.45) is 0.127. The van der Waals surface area contributed by atoms with Crippen molar-refractivity contribution >= 4 is 40.6 Å². The van der Waals surface area contributed by atoms with Gasteiger partial charge in [-0.3, -0.25) is 14.6 Å². The molecule has 9 heteroatoms. The van der Waals surface area contributed by atoms with Gasteiger partial charge in [-0.25, -0.2) is 4.79 Å². The number of carbonyl (C=O) groups excluding carboxylic acids is 3. The molecule has 3 aromatic carbocycles. The number of hydrazone groups is 1.